The molecular weight excluding hydrogens is 230 g/mol. The van der Waals surface area contributed by atoms with E-state index in [0.29, 0.717) is 6.54 Å². The summed E-state index contributed by atoms with van der Waals surface area (Å²) < 4.78 is 5.41. The molecule has 1 atom stereocenters. The van der Waals surface area contributed by atoms with Crippen LogP contribution in [0.2, 0.25) is 0 Å². The first-order chi connectivity index (χ1) is 8.37. The van der Waals surface area contributed by atoms with Gasteiger partial charge in [0.05, 0.1) is 5.92 Å². The van der Waals surface area contributed by atoms with E-state index in [9.17, 15) is 9.90 Å². The van der Waals surface area contributed by atoms with Gasteiger partial charge in [0.25, 0.3) is 0 Å². The highest BCUT2D eigenvalue weighted by Crippen LogP contribution is 2.29. The molecule has 0 saturated carbocycles. The molecule has 0 aliphatic carbocycles. The van der Waals surface area contributed by atoms with Crippen molar-refractivity contribution in [1.29, 1.82) is 0 Å². The fourth-order valence-electron chi connectivity index (χ4n) is 2.11. The number of hydrogen-bond acceptors (Lipinski definition) is 4. The molecule has 1 aromatic carbocycles. The first kappa shape index (κ1) is 12.9. The lowest BCUT2D eigenvalue weighted by molar-refractivity contribution is -0.156. The van der Waals surface area contributed by atoms with Gasteiger partial charge < -0.3 is 15.2 Å². The zero-order valence-corrected chi connectivity index (χ0v) is 11.0. The number of hydrogen-bond donors (Lipinski definition) is 2. The Kier molecular flexibility index (Phi) is 3.30. The van der Waals surface area contributed by atoms with E-state index >= 15 is 0 Å². The molecule has 1 aliphatic rings. The van der Waals surface area contributed by atoms with Crippen molar-refractivity contribution in [2.75, 3.05) is 6.54 Å². The lowest BCUT2D eigenvalue weighted by atomic mass is 9.90. The number of nitrogens with one attached hydrogen (secondary N) is 1. The number of esters is 1. The second-order valence-corrected chi connectivity index (χ2v) is 5.60. The Bertz CT molecular complexity index is 463. The van der Waals surface area contributed by atoms with Crippen molar-refractivity contribution in [2.24, 2.45) is 0 Å². The van der Waals surface area contributed by atoms with Gasteiger partial charge in [-0.3, -0.25) is 4.79 Å². The van der Waals surface area contributed by atoms with Gasteiger partial charge in [-0.1, -0.05) is 6.07 Å². The summed E-state index contributed by atoms with van der Waals surface area (Å²) in [7, 11) is 0. The fourth-order valence-corrected chi connectivity index (χ4v) is 2.11. The number of carbonyl (C=O) groups is 1. The van der Waals surface area contributed by atoms with Crippen LogP contribution in [0, 0.1) is 0 Å². The van der Waals surface area contributed by atoms with Crippen molar-refractivity contribution in [3.63, 3.8) is 0 Å². The lowest BCUT2D eigenvalue weighted by Gasteiger charge is -2.28. The molecule has 1 aliphatic heterocycles. The number of fused-ring (bicyclic) bond motifs is 1. The van der Waals surface area contributed by atoms with Gasteiger partial charge in [0, 0.05) is 13.1 Å². The molecule has 1 unspecified atom stereocenters. The summed E-state index contributed by atoms with van der Waals surface area (Å²) in [6, 6.07) is 5.14. The van der Waals surface area contributed by atoms with Crippen LogP contribution in [-0.2, 0) is 16.1 Å². The zero-order valence-electron chi connectivity index (χ0n) is 11.0. The number of carbonyl (C=O) groups excluding carboxylic acids is 1. The molecule has 0 aromatic heterocycles. The van der Waals surface area contributed by atoms with Crippen LogP contribution in [0.3, 0.4) is 0 Å². The third-order valence-corrected chi connectivity index (χ3v) is 2.86. The van der Waals surface area contributed by atoms with Gasteiger partial charge in [0.1, 0.15) is 11.4 Å². The zero-order chi connectivity index (χ0) is 13.3. The normalized spacial score (nSPS) is 19.2. The number of phenols is 1. The Labute approximate surface area is 107 Å². The van der Waals surface area contributed by atoms with Gasteiger partial charge in [-0.05, 0) is 44.0 Å². The molecule has 4 nitrogen and oxygen atoms in total. The Morgan fingerprint density at radius 2 is 2.17 bits per heavy atom. The maximum atomic E-state index is 12.1. The molecule has 0 saturated heterocycles. The van der Waals surface area contributed by atoms with Gasteiger partial charge in [0.2, 0.25) is 0 Å². The summed E-state index contributed by atoms with van der Waals surface area (Å²) in [6.45, 7) is 6.82. The summed E-state index contributed by atoms with van der Waals surface area (Å²) in [5, 5.41) is 12.7. The highest BCUT2D eigenvalue weighted by atomic mass is 16.6. The molecule has 1 aromatic rings. The summed E-state index contributed by atoms with van der Waals surface area (Å²) >= 11 is 0. The Balaban J connectivity index is 2.27. The molecule has 0 spiro atoms. The molecule has 0 bridgehead atoms. The second kappa shape index (κ2) is 4.61. The third-order valence-electron chi connectivity index (χ3n) is 2.86. The average molecular weight is 249 g/mol. The van der Waals surface area contributed by atoms with Crippen LogP contribution in [0.15, 0.2) is 18.2 Å². The van der Waals surface area contributed by atoms with Crippen LogP contribution < -0.4 is 5.32 Å². The van der Waals surface area contributed by atoms with Crippen LogP contribution in [0.5, 0.6) is 5.75 Å². The quantitative estimate of drug-likeness (QED) is 0.747. The number of phenolic OH excluding ortho intramolecular Hbond substituents is 1. The molecule has 0 amide bonds. The molecular formula is C14H19NO3. The highest BCUT2D eigenvalue weighted by Gasteiger charge is 2.30. The third kappa shape index (κ3) is 2.82. The monoisotopic (exact) mass is 249 g/mol. The van der Waals surface area contributed by atoms with Gasteiger partial charge >= 0.3 is 5.97 Å². The van der Waals surface area contributed by atoms with Crippen LogP contribution in [0.1, 0.15) is 37.8 Å². The second-order valence-electron chi connectivity index (χ2n) is 5.60. The van der Waals surface area contributed by atoms with Crippen LogP contribution in [0.25, 0.3) is 0 Å². The maximum Gasteiger partial charge on any atom is 0.315 e. The topological polar surface area (TPSA) is 58.6 Å². The molecule has 98 valence electrons. The van der Waals surface area contributed by atoms with Crippen LogP contribution >= 0.6 is 0 Å². The highest BCUT2D eigenvalue weighted by molar-refractivity contribution is 5.80. The van der Waals surface area contributed by atoms with E-state index < -0.39 is 5.60 Å². The molecule has 2 N–H and O–H groups in total. The summed E-state index contributed by atoms with van der Waals surface area (Å²) in [5.74, 6) is -0.411. The minimum atomic E-state index is -0.495. The number of rotatable bonds is 1. The van der Waals surface area contributed by atoms with Crippen molar-refractivity contribution < 1.29 is 14.6 Å². The average Bonchev–Trinajstić information content (AvgIpc) is 2.25. The Hall–Kier alpha value is -1.55. The largest absolute Gasteiger partial charge is 0.508 e. The van der Waals surface area contributed by atoms with Gasteiger partial charge in [0.15, 0.2) is 0 Å². The van der Waals surface area contributed by atoms with E-state index in [-0.39, 0.29) is 17.6 Å². The number of ether oxygens (including phenoxy) is 1. The molecule has 2 rings (SSSR count). The van der Waals surface area contributed by atoms with E-state index in [2.05, 4.69) is 5.32 Å². The molecule has 4 heteroatoms. The van der Waals surface area contributed by atoms with Crippen molar-refractivity contribution in [3.8, 4) is 5.75 Å². The molecule has 0 radical (unpaired) electrons. The van der Waals surface area contributed by atoms with Gasteiger partial charge in [-0.15, -0.1) is 0 Å². The fraction of sp³-hybridized carbons (Fsp3) is 0.500. The number of aromatic hydroxyl groups is 1. The van der Waals surface area contributed by atoms with E-state index in [4.69, 9.17) is 4.74 Å². The molecule has 0 fully saturated rings. The summed E-state index contributed by atoms with van der Waals surface area (Å²) in [6.07, 6.45) is 0. The SMILES string of the molecule is CC(C)(C)OC(=O)C1CNCc2ccc(O)cc21. The molecule has 18 heavy (non-hydrogen) atoms. The predicted molar refractivity (Wildman–Crippen MR) is 68.4 cm³/mol. The standard InChI is InChI=1S/C14H19NO3/c1-14(2,3)18-13(17)12-8-15-7-9-4-5-10(16)6-11(9)12/h4-6,12,15-16H,7-8H2,1-3H3. The van der Waals surface area contributed by atoms with E-state index in [0.717, 1.165) is 17.7 Å². The van der Waals surface area contributed by atoms with Crippen LogP contribution in [0.4, 0.5) is 0 Å². The van der Waals surface area contributed by atoms with Crippen molar-refractivity contribution in [1.82, 2.24) is 5.32 Å². The predicted octanol–water partition coefficient (Wildman–Crippen LogP) is 1.92. The maximum absolute atomic E-state index is 12.1. The van der Waals surface area contributed by atoms with Gasteiger partial charge in [-0.2, -0.15) is 0 Å². The lowest BCUT2D eigenvalue weighted by Crippen LogP contribution is -2.36. The Morgan fingerprint density at radius 1 is 1.44 bits per heavy atom. The van der Waals surface area contributed by atoms with Crippen molar-refractivity contribution >= 4 is 5.97 Å². The Morgan fingerprint density at radius 3 is 2.83 bits per heavy atom. The first-order valence-corrected chi connectivity index (χ1v) is 6.12. The number of benzene rings is 1. The minimum Gasteiger partial charge on any atom is -0.508 e. The summed E-state index contributed by atoms with van der Waals surface area (Å²) in [5.41, 5.74) is 1.41. The van der Waals surface area contributed by atoms with Crippen molar-refractivity contribution in [3.05, 3.63) is 29.3 Å². The smallest absolute Gasteiger partial charge is 0.315 e. The van der Waals surface area contributed by atoms with Crippen molar-refractivity contribution in [2.45, 2.75) is 38.8 Å². The van der Waals surface area contributed by atoms with E-state index in [1.807, 2.05) is 26.8 Å². The molecule has 1 heterocycles. The van der Waals surface area contributed by atoms with Gasteiger partial charge in [-0.25, -0.2) is 0 Å². The minimum absolute atomic E-state index is 0.184. The van der Waals surface area contributed by atoms with E-state index in [1.54, 1.807) is 12.1 Å². The summed E-state index contributed by atoms with van der Waals surface area (Å²) in [4.78, 5) is 12.1. The first-order valence-electron chi connectivity index (χ1n) is 6.12. The van der Waals surface area contributed by atoms with Crippen LogP contribution in [-0.4, -0.2) is 23.2 Å². The van der Waals surface area contributed by atoms with E-state index in [1.165, 1.54) is 0 Å².